The number of aliphatic hydroxyl groups is 1. The molecule has 0 aliphatic rings. The van der Waals surface area contributed by atoms with E-state index in [0.29, 0.717) is 5.56 Å². The fourth-order valence-corrected chi connectivity index (χ4v) is 1.89. The third-order valence-electron chi connectivity index (χ3n) is 3.15. The minimum Gasteiger partial charge on any atom is -0.396 e. The standard InChI is InChI=1S/C14H22FNO/c1-4-13(7-8-17)16-11(3)12-6-5-10(2)14(15)9-12/h5-6,9,11,13,16-17H,4,7-8H2,1-3H3. The molecule has 17 heavy (non-hydrogen) atoms. The second kappa shape index (κ2) is 6.72. The number of hydrogen-bond acceptors (Lipinski definition) is 2. The van der Waals surface area contributed by atoms with Crippen LogP contribution in [-0.4, -0.2) is 17.8 Å². The summed E-state index contributed by atoms with van der Waals surface area (Å²) < 4.78 is 13.4. The van der Waals surface area contributed by atoms with Gasteiger partial charge in [0, 0.05) is 18.7 Å². The van der Waals surface area contributed by atoms with Gasteiger partial charge in [-0.05, 0) is 43.9 Å². The van der Waals surface area contributed by atoms with Crippen LogP contribution in [0, 0.1) is 12.7 Å². The van der Waals surface area contributed by atoms with Crippen LogP contribution in [0.4, 0.5) is 4.39 Å². The fourth-order valence-electron chi connectivity index (χ4n) is 1.89. The van der Waals surface area contributed by atoms with Crippen molar-refractivity contribution in [2.45, 2.75) is 45.7 Å². The number of hydrogen-bond donors (Lipinski definition) is 2. The minimum absolute atomic E-state index is 0.0987. The van der Waals surface area contributed by atoms with Gasteiger partial charge < -0.3 is 10.4 Å². The van der Waals surface area contributed by atoms with Gasteiger partial charge in [0.1, 0.15) is 5.82 Å². The van der Waals surface area contributed by atoms with Crippen LogP contribution in [0.1, 0.15) is 43.9 Å². The van der Waals surface area contributed by atoms with Gasteiger partial charge in [-0.2, -0.15) is 0 Å². The summed E-state index contributed by atoms with van der Waals surface area (Å²) in [4.78, 5) is 0. The first-order valence-corrected chi connectivity index (χ1v) is 6.21. The third-order valence-corrected chi connectivity index (χ3v) is 3.15. The van der Waals surface area contributed by atoms with Crippen molar-refractivity contribution in [3.05, 3.63) is 35.1 Å². The Morgan fingerprint density at radius 2 is 2.12 bits per heavy atom. The average Bonchev–Trinajstić information content (AvgIpc) is 2.31. The van der Waals surface area contributed by atoms with Crippen LogP contribution in [0.25, 0.3) is 0 Å². The molecular weight excluding hydrogens is 217 g/mol. The van der Waals surface area contributed by atoms with E-state index < -0.39 is 0 Å². The molecule has 0 saturated carbocycles. The van der Waals surface area contributed by atoms with Gasteiger partial charge in [0.25, 0.3) is 0 Å². The van der Waals surface area contributed by atoms with Crippen LogP contribution < -0.4 is 5.32 Å². The second-order valence-electron chi connectivity index (χ2n) is 4.51. The SMILES string of the molecule is CCC(CCO)NC(C)c1ccc(C)c(F)c1. The Labute approximate surface area is 103 Å². The lowest BCUT2D eigenvalue weighted by Crippen LogP contribution is -2.31. The lowest BCUT2D eigenvalue weighted by molar-refractivity contribution is 0.257. The summed E-state index contributed by atoms with van der Waals surface area (Å²) in [5.74, 6) is -0.161. The molecule has 1 rings (SSSR count). The molecule has 2 nitrogen and oxygen atoms in total. The Morgan fingerprint density at radius 1 is 1.41 bits per heavy atom. The van der Waals surface area contributed by atoms with E-state index in [9.17, 15) is 4.39 Å². The van der Waals surface area contributed by atoms with Gasteiger partial charge in [-0.3, -0.25) is 0 Å². The molecule has 2 atom stereocenters. The predicted octanol–water partition coefficient (Wildman–Crippen LogP) is 2.95. The maximum Gasteiger partial charge on any atom is 0.126 e. The monoisotopic (exact) mass is 239 g/mol. The molecule has 0 fully saturated rings. The first-order chi connectivity index (χ1) is 8.08. The van der Waals surface area contributed by atoms with Crippen molar-refractivity contribution < 1.29 is 9.50 Å². The maximum atomic E-state index is 13.4. The zero-order valence-corrected chi connectivity index (χ0v) is 10.8. The number of rotatable bonds is 6. The summed E-state index contributed by atoms with van der Waals surface area (Å²) in [7, 11) is 0. The second-order valence-corrected chi connectivity index (χ2v) is 4.51. The van der Waals surface area contributed by atoms with E-state index in [4.69, 9.17) is 5.11 Å². The smallest absolute Gasteiger partial charge is 0.126 e. The highest BCUT2D eigenvalue weighted by molar-refractivity contribution is 5.25. The van der Waals surface area contributed by atoms with E-state index in [1.165, 1.54) is 0 Å². The van der Waals surface area contributed by atoms with Gasteiger partial charge in [-0.15, -0.1) is 0 Å². The molecule has 96 valence electrons. The topological polar surface area (TPSA) is 32.3 Å². The zero-order valence-electron chi connectivity index (χ0n) is 10.8. The van der Waals surface area contributed by atoms with Gasteiger partial charge in [0.2, 0.25) is 0 Å². The molecule has 2 unspecified atom stereocenters. The van der Waals surface area contributed by atoms with Crippen LogP contribution in [0.5, 0.6) is 0 Å². The fraction of sp³-hybridized carbons (Fsp3) is 0.571. The summed E-state index contributed by atoms with van der Waals surface area (Å²) in [6.45, 7) is 6.04. The van der Waals surface area contributed by atoms with Crippen molar-refractivity contribution in [2.75, 3.05) is 6.61 Å². The molecule has 2 N–H and O–H groups in total. The van der Waals surface area contributed by atoms with Crippen LogP contribution in [0.15, 0.2) is 18.2 Å². The molecular formula is C14H22FNO. The molecule has 0 aliphatic carbocycles. The van der Waals surface area contributed by atoms with Crippen molar-refractivity contribution >= 4 is 0 Å². The molecule has 0 spiro atoms. The number of benzene rings is 1. The normalized spacial score (nSPS) is 14.6. The molecule has 0 amide bonds. The molecule has 1 aromatic carbocycles. The van der Waals surface area contributed by atoms with Crippen molar-refractivity contribution in [3.63, 3.8) is 0 Å². The van der Waals surface area contributed by atoms with Gasteiger partial charge in [0.15, 0.2) is 0 Å². The van der Waals surface area contributed by atoms with Crippen molar-refractivity contribution in [1.29, 1.82) is 0 Å². The summed E-state index contributed by atoms with van der Waals surface area (Å²) in [6.07, 6.45) is 1.69. The number of aryl methyl sites for hydroxylation is 1. The molecule has 1 aromatic rings. The van der Waals surface area contributed by atoms with Crippen molar-refractivity contribution in [3.8, 4) is 0 Å². The molecule has 3 heteroatoms. The van der Waals surface area contributed by atoms with E-state index in [0.717, 1.165) is 18.4 Å². The van der Waals surface area contributed by atoms with Crippen molar-refractivity contribution in [1.82, 2.24) is 5.32 Å². The number of halogens is 1. The highest BCUT2D eigenvalue weighted by Crippen LogP contribution is 2.17. The predicted molar refractivity (Wildman–Crippen MR) is 68.5 cm³/mol. The Bertz CT molecular complexity index is 354. The van der Waals surface area contributed by atoms with Crippen LogP contribution >= 0.6 is 0 Å². The van der Waals surface area contributed by atoms with Gasteiger partial charge >= 0.3 is 0 Å². The minimum atomic E-state index is -0.161. The highest BCUT2D eigenvalue weighted by atomic mass is 19.1. The van der Waals surface area contributed by atoms with Crippen LogP contribution in [0.2, 0.25) is 0 Å². The Hall–Kier alpha value is -0.930. The Kier molecular flexibility index (Phi) is 5.59. The van der Waals surface area contributed by atoms with E-state index in [1.807, 2.05) is 13.0 Å². The zero-order chi connectivity index (χ0) is 12.8. The van der Waals surface area contributed by atoms with Gasteiger partial charge in [-0.25, -0.2) is 4.39 Å². The summed E-state index contributed by atoms with van der Waals surface area (Å²) >= 11 is 0. The molecule has 0 saturated heterocycles. The van der Waals surface area contributed by atoms with Crippen LogP contribution in [-0.2, 0) is 0 Å². The average molecular weight is 239 g/mol. The first-order valence-electron chi connectivity index (χ1n) is 6.21. The largest absolute Gasteiger partial charge is 0.396 e. The Morgan fingerprint density at radius 3 is 2.65 bits per heavy atom. The molecule has 0 aliphatic heterocycles. The molecule has 0 aromatic heterocycles. The summed E-state index contributed by atoms with van der Waals surface area (Å²) in [6, 6.07) is 5.71. The van der Waals surface area contributed by atoms with Gasteiger partial charge in [-0.1, -0.05) is 19.1 Å². The number of aliphatic hydroxyl groups excluding tert-OH is 1. The summed E-state index contributed by atoms with van der Waals surface area (Å²) in [5, 5.41) is 12.3. The molecule has 0 radical (unpaired) electrons. The van der Waals surface area contributed by atoms with E-state index in [2.05, 4.69) is 12.2 Å². The van der Waals surface area contributed by atoms with Crippen molar-refractivity contribution in [2.24, 2.45) is 0 Å². The van der Waals surface area contributed by atoms with E-state index >= 15 is 0 Å². The van der Waals surface area contributed by atoms with Crippen LogP contribution in [0.3, 0.4) is 0 Å². The highest BCUT2D eigenvalue weighted by Gasteiger charge is 2.12. The molecule has 0 heterocycles. The number of nitrogens with one attached hydrogen (secondary N) is 1. The first kappa shape index (κ1) is 14.1. The summed E-state index contributed by atoms with van der Waals surface area (Å²) in [5.41, 5.74) is 1.62. The quantitative estimate of drug-likeness (QED) is 0.800. The third kappa shape index (κ3) is 4.10. The molecule has 0 bridgehead atoms. The van der Waals surface area contributed by atoms with Gasteiger partial charge in [0.05, 0.1) is 0 Å². The Balaban J connectivity index is 2.68. The lowest BCUT2D eigenvalue weighted by Gasteiger charge is -2.22. The maximum absolute atomic E-state index is 13.4. The van der Waals surface area contributed by atoms with E-state index in [1.54, 1.807) is 19.1 Å². The van der Waals surface area contributed by atoms with E-state index in [-0.39, 0.29) is 24.5 Å². The lowest BCUT2D eigenvalue weighted by atomic mass is 10.0.